The Labute approximate surface area is 216 Å². The summed E-state index contributed by atoms with van der Waals surface area (Å²) in [6.45, 7) is 3.79. The van der Waals surface area contributed by atoms with Crippen molar-refractivity contribution in [2.45, 2.75) is 13.8 Å². The first-order valence-corrected chi connectivity index (χ1v) is 11.8. The molecule has 0 bridgehead atoms. The van der Waals surface area contributed by atoms with Crippen LogP contribution in [0.5, 0.6) is 5.75 Å². The van der Waals surface area contributed by atoms with Crippen molar-refractivity contribution in [1.82, 2.24) is 5.32 Å². The number of rotatable bonds is 6. The highest BCUT2D eigenvalue weighted by Gasteiger charge is 2.36. The molecule has 1 fully saturated rings. The lowest BCUT2D eigenvalue weighted by atomic mass is 10.1. The number of ether oxygens (including phenoxy) is 1. The fourth-order valence-corrected chi connectivity index (χ4v) is 3.74. The molecular formula is C27H22BrN3O5. The van der Waals surface area contributed by atoms with Crippen LogP contribution in [0, 0.1) is 13.8 Å². The van der Waals surface area contributed by atoms with Crippen LogP contribution >= 0.6 is 15.9 Å². The summed E-state index contributed by atoms with van der Waals surface area (Å²) in [6, 6.07) is 17.9. The quantitative estimate of drug-likeness (QED) is 0.342. The van der Waals surface area contributed by atoms with Gasteiger partial charge in [0.25, 0.3) is 17.7 Å². The van der Waals surface area contributed by atoms with Crippen LogP contribution in [0.25, 0.3) is 6.08 Å². The SMILES string of the molecule is Cc1ccc(NC(=O)COc2ccc(/C=C3\C(=O)NC(=O)N(c4ccc(Br)cc4)C3=O)cc2)cc1C. The van der Waals surface area contributed by atoms with Crippen LogP contribution in [-0.4, -0.2) is 30.4 Å². The first kappa shape index (κ1) is 24.9. The number of aryl methyl sites for hydroxylation is 2. The molecule has 0 unspecified atom stereocenters. The summed E-state index contributed by atoms with van der Waals surface area (Å²) in [5.41, 5.74) is 3.61. The van der Waals surface area contributed by atoms with Gasteiger partial charge in [-0.3, -0.25) is 19.7 Å². The Balaban J connectivity index is 1.42. The summed E-state index contributed by atoms with van der Waals surface area (Å²) in [5, 5.41) is 4.98. The third-order valence-electron chi connectivity index (χ3n) is 5.54. The normalized spacial score (nSPS) is 14.6. The zero-order valence-corrected chi connectivity index (χ0v) is 21.1. The zero-order valence-electron chi connectivity index (χ0n) is 19.5. The van der Waals surface area contributed by atoms with Crippen LogP contribution < -0.4 is 20.3 Å². The second-order valence-corrected chi connectivity index (χ2v) is 9.05. The number of hydrogen-bond acceptors (Lipinski definition) is 5. The Morgan fingerprint density at radius 3 is 2.33 bits per heavy atom. The van der Waals surface area contributed by atoms with E-state index in [4.69, 9.17) is 4.74 Å². The van der Waals surface area contributed by atoms with Gasteiger partial charge >= 0.3 is 6.03 Å². The molecular weight excluding hydrogens is 526 g/mol. The number of amides is 5. The molecule has 1 aliphatic heterocycles. The number of imide groups is 2. The molecule has 9 heteroatoms. The number of barbiturate groups is 1. The summed E-state index contributed by atoms with van der Waals surface area (Å²) >= 11 is 3.31. The number of hydrogen-bond donors (Lipinski definition) is 2. The van der Waals surface area contributed by atoms with Crippen molar-refractivity contribution in [3.05, 3.63) is 93.5 Å². The zero-order chi connectivity index (χ0) is 25.8. The fourth-order valence-electron chi connectivity index (χ4n) is 3.47. The Morgan fingerprint density at radius 2 is 1.67 bits per heavy atom. The van der Waals surface area contributed by atoms with E-state index in [0.717, 1.165) is 20.5 Å². The second-order valence-electron chi connectivity index (χ2n) is 8.14. The molecule has 3 aromatic carbocycles. The van der Waals surface area contributed by atoms with Gasteiger partial charge in [0, 0.05) is 10.2 Å². The highest BCUT2D eigenvalue weighted by Crippen LogP contribution is 2.24. The lowest BCUT2D eigenvalue weighted by Crippen LogP contribution is -2.54. The van der Waals surface area contributed by atoms with Crippen LogP contribution in [0.2, 0.25) is 0 Å². The van der Waals surface area contributed by atoms with Crippen molar-refractivity contribution in [3.63, 3.8) is 0 Å². The third kappa shape index (κ3) is 5.69. The van der Waals surface area contributed by atoms with Gasteiger partial charge < -0.3 is 10.1 Å². The predicted octanol–water partition coefficient (Wildman–Crippen LogP) is 4.75. The van der Waals surface area contributed by atoms with E-state index in [1.54, 1.807) is 48.5 Å². The molecule has 0 aromatic heterocycles. The molecule has 1 aliphatic rings. The molecule has 1 heterocycles. The highest BCUT2D eigenvalue weighted by molar-refractivity contribution is 9.10. The number of anilines is 2. The molecule has 0 atom stereocenters. The molecule has 0 radical (unpaired) electrons. The maximum atomic E-state index is 13.0. The van der Waals surface area contributed by atoms with Gasteiger partial charge in [-0.1, -0.05) is 34.1 Å². The van der Waals surface area contributed by atoms with E-state index in [0.29, 0.717) is 22.7 Å². The Morgan fingerprint density at radius 1 is 0.972 bits per heavy atom. The summed E-state index contributed by atoms with van der Waals surface area (Å²) in [6.07, 6.45) is 1.40. The van der Waals surface area contributed by atoms with Crippen LogP contribution in [0.3, 0.4) is 0 Å². The van der Waals surface area contributed by atoms with E-state index < -0.39 is 17.8 Å². The summed E-state index contributed by atoms with van der Waals surface area (Å²) in [4.78, 5) is 50.7. The van der Waals surface area contributed by atoms with Gasteiger partial charge in [-0.15, -0.1) is 0 Å². The fraction of sp³-hybridized carbons (Fsp3) is 0.111. The largest absolute Gasteiger partial charge is 0.484 e. The van der Waals surface area contributed by atoms with Gasteiger partial charge in [0.05, 0.1) is 5.69 Å². The first-order chi connectivity index (χ1) is 17.2. The average molecular weight is 548 g/mol. The third-order valence-corrected chi connectivity index (χ3v) is 6.07. The number of benzene rings is 3. The number of urea groups is 1. The maximum absolute atomic E-state index is 13.0. The monoisotopic (exact) mass is 547 g/mol. The Kier molecular flexibility index (Phi) is 7.30. The van der Waals surface area contributed by atoms with Gasteiger partial charge in [-0.05, 0) is 85.1 Å². The van der Waals surface area contributed by atoms with E-state index in [-0.39, 0.29) is 18.1 Å². The minimum atomic E-state index is -0.813. The number of carbonyl (C=O) groups is 4. The molecule has 36 heavy (non-hydrogen) atoms. The van der Waals surface area contributed by atoms with Crippen molar-refractivity contribution in [2.75, 3.05) is 16.8 Å². The van der Waals surface area contributed by atoms with E-state index in [2.05, 4.69) is 26.6 Å². The lowest BCUT2D eigenvalue weighted by Gasteiger charge is -2.26. The smallest absolute Gasteiger partial charge is 0.335 e. The second kappa shape index (κ2) is 10.6. The molecule has 3 aromatic rings. The Bertz CT molecular complexity index is 1380. The standard InChI is InChI=1S/C27H22BrN3O5/c1-16-3-8-20(13-17(16)2)29-24(32)15-36-22-11-4-18(5-12-22)14-23-25(33)30-27(35)31(26(23)34)21-9-6-19(28)7-10-21/h3-14H,15H2,1-2H3,(H,29,32)(H,30,33,35)/b23-14+. The van der Waals surface area contributed by atoms with Crippen molar-refractivity contribution in [3.8, 4) is 5.75 Å². The van der Waals surface area contributed by atoms with E-state index >= 15 is 0 Å². The first-order valence-electron chi connectivity index (χ1n) is 11.0. The number of nitrogens with one attached hydrogen (secondary N) is 2. The van der Waals surface area contributed by atoms with E-state index in [9.17, 15) is 19.2 Å². The molecule has 1 saturated heterocycles. The minimum absolute atomic E-state index is 0.182. The van der Waals surface area contributed by atoms with Crippen LogP contribution in [-0.2, 0) is 14.4 Å². The molecule has 8 nitrogen and oxygen atoms in total. The van der Waals surface area contributed by atoms with Crippen LogP contribution in [0.4, 0.5) is 16.2 Å². The molecule has 0 saturated carbocycles. The topological polar surface area (TPSA) is 105 Å². The van der Waals surface area contributed by atoms with Crippen molar-refractivity contribution >= 4 is 57.1 Å². The van der Waals surface area contributed by atoms with E-state index in [1.807, 2.05) is 32.0 Å². The molecule has 0 spiro atoms. The van der Waals surface area contributed by atoms with Crippen molar-refractivity contribution < 1.29 is 23.9 Å². The summed E-state index contributed by atoms with van der Waals surface area (Å²) < 4.78 is 6.33. The van der Waals surface area contributed by atoms with Crippen molar-refractivity contribution in [1.29, 1.82) is 0 Å². The van der Waals surface area contributed by atoms with Crippen molar-refractivity contribution in [2.24, 2.45) is 0 Å². The van der Waals surface area contributed by atoms with Gasteiger partial charge in [0.15, 0.2) is 6.61 Å². The van der Waals surface area contributed by atoms with Gasteiger partial charge in [-0.2, -0.15) is 0 Å². The van der Waals surface area contributed by atoms with E-state index in [1.165, 1.54) is 6.08 Å². The van der Waals surface area contributed by atoms with Crippen LogP contribution in [0.1, 0.15) is 16.7 Å². The molecule has 2 N–H and O–H groups in total. The predicted molar refractivity (Wildman–Crippen MR) is 140 cm³/mol. The summed E-state index contributed by atoms with van der Waals surface area (Å²) in [7, 11) is 0. The maximum Gasteiger partial charge on any atom is 0.335 e. The molecule has 0 aliphatic carbocycles. The average Bonchev–Trinajstić information content (AvgIpc) is 2.84. The highest BCUT2D eigenvalue weighted by atomic mass is 79.9. The van der Waals surface area contributed by atoms with Gasteiger partial charge in [-0.25, -0.2) is 9.69 Å². The Hall–Kier alpha value is -4.24. The summed E-state index contributed by atoms with van der Waals surface area (Å²) in [5.74, 6) is -1.36. The number of carbonyl (C=O) groups excluding carboxylic acids is 4. The number of nitrogens with zero attached hydrogens (tertiary/aromatic N) is 1. The lowest BCUT2D eigenvalue weighted by molar-refractivity contribution is -0.122. The minimum Gasteiger partial charge on any atom is -0.484 e. The number of halogens is 1. The van der Waals surface area contributed by atoms with Gasteiger partial charge in [0.1, 0.15) is 11.3 Å². The molecule has 5 amide bonds. The molecule has 182 valence electrons. The van der Waals surface area contributed by atoms with Gasteiger partial charge in [0.2, 0.25) is 0 Å². The van der Waals surface area contributed by atoms with Crippen LogP contribution in [0.15, 0.2) is 76.8 Å². The molecule has 4 rings (SSSR count).